The SMILES string of the molecule is CCc1ccc(C(CN=C(N)Nc2cccc(OC)c2)N(C)C)cc1. The molecular formula is C20H28N4O. The number of anilines is 1. The van der Waals surface area contributed by atoms with E-state index in [9.17, 15) is 0 Å². The van der Waals surface area contributed by atoms with Crippen molar-refractivity contribution in [3.05, 3.63) is 59.7 Å². The van der Waals surface area contributed by atoms with Crippen molar-refractivity contribution in [2.75, 3.05) is 33.1 Å². The monoisotopic (exact) mass is 340 g/mol. The van der Waals surface area contributed by atoms with Crippen molar-refractivity contribution < 1.29 is 4.74 Å². The van der Waals surface area contributed by atoms with Crippen LogP contribution in [0.5, 0.6) is 5.75 Å². The lowest BCUT2D eigenvalue weighted by molar-refractivity contribution is 0.306. The third-order valence-electron chi connectivity index (χ3n) is 4.17. The number of ether oxygens (including phenoxy) is 1. The van der Waals surface area contributed by atoms with E-state index in [1.54, 1.807) is 7.11 Å². The van der Waals surface area contributed by atoms with Gasteiger partial charge in [0.15, 0.2) is 5.96 Å². The first-order valence-corrected chi connectivity index (χ1v) is 8.49. The Bertz CT molecular complexity index is 695. The zero-order valence-electron chi connectivity index (χ0n) is 15.5. The number of likely N-dealkylation sites (N-methyl/N-ethyl adjacent to an activating group) is 1. The van der Waals surface area contributed by atoms with Gasteiger partial charge in [0.05, 0.1) is 19.7 Å². The summed E-state index contributed by atoms with van der Waals surface area (Å²) in [4.78, 5) is 6.67. The van der Waals surface area contributed by atoms with Crippen LogP contribution in [0.4, 0.5) is 5.69 Å². The van der Waals surface area contributed by atoms with Crippen LogP contribution in [0.15, 0.2) is 53.5 Å². The molecule has 0 saturated carbocycles. The van der Waals surface area contributed by atoms with E-state index in [2.05, 4.69) is 60.5 Å². The van der Waals surface area contributed by atoms with Gasteiger partial charge in [-0.05, 0) is 43.8 Å². The van der Waals surface area contributed by atoms with Crippen LogP contribution in [0.25, 0.3) is 0 Å². The lowest BCUT2D eigenvalue weighted by Gasteiger charge is -2.23. The summed E-state index contributed by atoms with van der Waals surface area (Å²) >= 11 is 0. The molecule has 0 spiro atoms. The fraction of sp³-hybridized carbons (Fsp3) is 0.350. The number of hydrogen-bond acceptors (Lipinski definition) is 3. The number of nitrogens with zero attached hydrogens (tertiary/aromatic N) is 2. The number of rotatable bonds is 7. The Morgan fingerprint density at radius 3 is 2.52 bits per heavy atom. The Balaban J connectivity index is 2.06. The molecule has 0 fully saturated rings. The molecule has 0 aliphatic heterocycles. The first-order chi connectivity index (χ1) is 12.0. The number of hydrogen-bond donors (Lipinski definition) is 2. The predicted molar refractivity (Wildman–Crippen MR) is 105 cm³/mol. The summed E-state index contributed by atoms with van der Waals surface area (Å²) in [6, 6.07) is 16.5. The summed E-state index contributed by atoms with van der Waals surface area (Å²) in [6.45, 7) is 2.74. The van der Waals surface area contributed by atoms with Gasteiger partial charge in [0, 0.05) is 11.8 Å². The van der Waals surface area contributed by atoms with Crippen LogP contribution in [0.3, 0.4) is 0 Å². The predicted octanol–water partition coefficient (Wildman–Crippen LogP) is 3.29. The van der Waals surface area contributed by atoms with E-state index in [0.717, 1.165) is 17.9 Å². The Morgan fingerprint density at radius 2 is 1.92 bits per heavy atom. The van der Waals surface area contributed by atoms with E-state index in [1.165, 1.54) is 11.1 Å². The zero-order valence-corrected chi connectivity index (χ0v) is 15.5. The minimum absolute atomic E-state index is 0.177. The highest BCUT2D eigenvalue weighted by atomic mass is 16.5. The molecule has 1 atom stereocenters. The largest absolute Gasteiger partial charge is 0.497 e. The lowest BCUT2D eigenvalue weighted by atomic mass is 10.0. The molecule has 0 aliphatic rings. The molecule has 0 saturated heterocycles. The fourth-order valence-corrected chi connectivity index (χ4v) is 2.62. The first kappa shape index (κ1) is 18.8. The molecule has 0 bridgehead atoms. The van der Waals surface area contributed by atoms with E-state index < -0.39 is 0 Å². The summed E-state index contributed by atoms with van der Waals surface area (Å²) in [6.07, 6.45) is 1.04. The van der Waals surface area contributed by atoms with Crippen molar-refractivity contribution in [2.24, 2.45) is 10.7 Å². The standard InChI is InChI=1S/C20H28N4O/c1-5-15-9-11-16(12-10-15)19(24(2)3)14-22-20(21)23-17-7-6-8-18(13-17)25-4/h6-13,19H,5,14H2,1-4H3,(H3,21,22,23). The molecule has 2 rings (SSSR count). The summed E-state index contributed by atoms with van der Waals surface area (Å²) < 4.78 is 5.22. The molecule has 0 heterocycles. The average molecular weight is 340 g/mol. The molecule has 0 amide bonds. The average Bonchev–Trinajstić information content (AvgIpc) is 2.62. The Morgan fingerprint density at radius 1 is 1.20 bits per heavy atom. The Kier molecular flexibility index (Phi) is 6.83. The third kappa shape index (κ3) is 5.50. The maximum absolute atomic E-state index is 6.05. The van der Waals surface area contributed by atoms with E-state index in [-0.39, 0.29) is 6.04 Å². The number of methoxy groups -OCH3 is 1. The molecule has 5 heteroatoms. The van der Waals surface area contributed by atoms with Gasteiger partial charge < -0.3 is 20.7 Å². The van der Waals surface area contributed by atoms with Crippen LogP contribution in [0.2, 0.25) is 0 Å². The van der Waals surface area contributed by atoms with Crippen LogP contribution in [-0.4, -0.2) is 38.6 Å². The van der Waals surface area contributed by atoms with Gasteiger partial charge in [-0.2, -0.15) is 0 Å². The van der Waals surface area contributed by atoms with E-state index in [1.807, 2.05) is 24.3 Å². The second-order valence-electron chi connectivity index (χ2n) is 6.16. The summed E-state index contributed by atoms with van der Waals surface area (Å²) in [7, 11) is 5.75. The van der Waals surface area contributed by atoms with Gasteiger partial charge in [0.25, 0.3) is 0 Å². The van der Waals surface area contributed by atoms with Crippen LogP contribution in [0.1, 0.15) is 24.1 Å². The van der Waals surface area contributed by atoms with E-state index in [0.29, 0.717) is 12.5 Å². The molecular weight excluding hydrogens is 312 g/mol. The maximum Gasteiger partial charge on any atom is 0.193 e. The van der Waals surface area contributed by atoms with Crippen molar-refractivity contribution in [1.82, 2.24) is 4.90 Å². The molecule has 5 nitrogen and oxygen atoms in total. The number of nitrogens with two attached hydrogens (primary N) is 1. The molecule has 134 valence electrons. The summed E-state index contributed by atoms with van der Waals surface area (Å²) in [5, 5.41) is 3.11. The molecule has 3 N–H and O–H groups in total. The molecule has 2 aromatic rings. The van der Waals surface area contributed by atoms with Crippen LogP contribution in [-0.2, 0) is 6.42 Å². The van der Waals surface area contributed by atoms with Crippen molar-refractivity contribution in [1.29, 1.82) is 0 Å². The second-order valence-corrected chi connectivity index (χ2v) is 6.16. The number of aryl methyl sites for hydroxylation is 1. The summed E-state index contributed by atoms with van der Waals surface area (Å²) in [5.41, 5.74) is 9.48. The lowest BCUT2D eigenvalue weighted by Crippen LogP contribution is -2.27. The van der Waals surface area contributed by atoms with Crippen LogP contribution >= 0.6 is 0 Å². The van der Waals surface area contributed by atoms with Crippen LogP contribution in [0, 0.1) is 0 Å². The van der Waals surface area contributed by atoms with E-state index >= 15 is 0 Å². The van der Waals surface area contributed by atoms with Gasteiger partial charge in [0.2, 0.25) is 0 Å². The highest BCUT2D eigenvalue weighted by Gasteiger charge is 2.13. The van der Waals surface area contributed by atoms with Gasteiger partial charge in [-0.1, -0.05) is 37.3 Å². The minimum atomic E-state index is 0.177. The Labute approximate surface area is 150 Å². The van der Waals surface area contributed by atoms with Gasteiger partial charge in [-0.3, -0.25) is 4.99 Å². The highest BCUT2D eigenvalue weighted by Crippen LogP contribution is 2.20. The molecule has 0 aromatic heterocycles. The van der Waals surface area contributed by atoms with Gasteiger partial charge in [-0.25, -0.2) is 0 Å². The van der Waals surface area contributed by atoms with Crippen molar-refractivity contribution in [3.63, 3.8) is 0 Å². The molecule has 0 aliphatic carbocycles. The fourth-order valence-electron chi connectivity index (χ4n) is 2.62. The van der Waals surface area contributed by atoms with Gasteiger partial charge >= 0.3 is 0 Å². The van der Waals surface area contributed by atoms with Crippen molar-refractivity contribution in [3.8, 4) is 5.75 Å². The second kappa shape index (κ2) is 9.08. The van der Waals surface area contributed by atoms with Gasteiger partial charge in [-0.15, -0.1) is 0 Å². The topological polar surface area (TPSA) is 62.9 Å². The summed E-state index contributed by atoms with van der Waals surface area (Å²) in [5.74, 6) is 1.17. The quantitative estimate of drug-likeness (QED) is 0.600. The minimum Gasteiger partial charge on any atom is -0.497 e. The number of guanidine groups is 1. The maximum atomic E-state index is 6.05. The number of aliphatic imine (C=N–C) groups is 1. The normalized spacial score (nSPS) is 12.9. The molecule has 0 radical (unpaired) electrons. The first-order valence-electron chi connectivity index (χ1n) is 8.49. The van der Waals surface area contributed by atoms with Gasteiger partial charge in [0.1, 0.15) is 5.75 Å². The molecule has 1 unspecified atom stereocenters. The third-order valence-corrected chi connectivity index (χ3v) is 4.17. The van der Waals surface area contributed by atoms with Crippen molar-refractivity contribution in [2.45, 2.75) is 19.4 Å². The van der Waals surface area contributed by atoms with Crippen molar-refractivity contribution >= 4 is 11.6 Å². The van der Waals surface area contributed by atoms with E-state index in [4.69, 9.17) is 10.5 Å². The zero-order chi connectivity index (χ0) is 18.2. The molecule has 25 heavy (non-hydrogen) atoms. The highest BCUT2D eigenvalue weighted by molar-refractivity contribution is 5.92. The Hall–Kier alpha value is -2.53. The van der Waals surface area contributed by atoms with Crippen LogP contribution < -0.4 is 15.8 Å². The number of benzene rings is 2. The number of nitrogens with one attached hydrogen (secondary N) is 1. The smallest absolute Gasteiger partial charge is 0.193 e. The molecule has 2 aromatic carbocycles.